The van der Waals surface area contributed by atoms with Crippen LogP contribution < -0.4 is 10.6 Å². The molecule has 1 heterocycles. The second-order valence-corrected chi connectivity index (χ2v) is 5.92. The van der Waals surface area contributed by atoms with Crippen molar-refractivity contribution in [2.24, 2.45) is 4.99 Å². The molecule has 1 aromatic rings. The Morgan fingerprint density at radius 2 is 1.73 bits per heavy atom. The number of benzene rings is 1. The van der Waals surface area contributed by atoms with Crippen LogP contribution in [0, 0.1) is 0 Å². The van der Waals surface area contributed by atoms with Gasteiger partial charge in [-0.15, -0.1) is 0 Å². The van der Waals surface area contributed by atoms with Crippen LogP contribution in [0.3, 0.4) is 0 Å². The highest BCUT2D eigenvalue weighted by Gasteiger charge is 2.11. The van der Waals surface area contributed by atoms with Gasteiger partial charge in [0.25, 0.3) is 0 Å². The summed E-state index contributed by atoms with van der Waals surface area (Å²) in [5.74, 6) is 0.908. The van der Waals surface area contributed by atoms with E-state index in [1.165, 1.54) is 37.1 Å². The van der Waals surface area contributed by atoms with Crippen molar-refractivity contribution in [1.82, 2.24) is 15.5 Å². The maximum Gasteiger partial charge on any atom is 0.191 e. The van der Waals surface area contributed by atoms with Crippen LogP contribution in [0.5, 0.6) is 0 Å². The fourth-order valence-corrected chi connectivity index (χ4v) is 2.70. The van der Waals surface area contributed by atoms with Crippen molar-refractivity contribution >= 4 is 5.96 Å². The Bertz CT molecular complexity index is 447. The highest BCUT2D eigenvalue weighted by Crippen LogP contribution is 2.13. The quantitative estimate of drug-likeness (QED) is 0.601. The molecule has 1 aromatic carbocycles. The number of aliphatic imine (C=N–C) groups is 1. The molecule has 0 bridgehead atoms. The van der Waals surface area contributed by atoms with E-state index in [0.717, 1.165) is 38.6 Å². The number of hydrogen-bond acceptors (Lipinski definition) is 2. The molecular weight excluding hydrogens is 272 g/mol. The summed E-state index contributed by atoms with van der Waals surface area (Å²) >= 11 is 0. The van der Waals surface area contributed by atoms with E-state index < -0.39 is 0 Å². The first-order chi connectivity index (χ1) is 10.8. The predicted octanol–water partition coefficient (Wildman–Crippen LogP) is 2.75. The monoisotopic (exact) mass is 302 g/mol. The molecule has 0 aliphatic carbocycles. The molecule has 0 unspecified atom stereocenters. The van der Waals surface area contributed by atoms with Gasteiger partial charge in [-0.25, -0.2) is 4.99 Å². The number of guanidine groups is 1. The van der Waals surface area contributed by atoms with Crippen molar-refractivity contribution in [3.8, 4) is 0 Å². The summed E-state index contributed by atoms with van der Waals surface area (Å²) in [4.78, 5) is 7.17. The van der Waals surface area contributed by atoms with Crippen LogP contribution in [-0.2, 0) is 13.1 Å². The smallest absolute Gasteiger partial charge is 0.191 e. The zero-order chi connectivity index (χ0) is 15.6. The molecule has 1 aliphatic heterocycles. The van der Waals surface area contributed by atoms with E-state index >= 15 is 0 Å². The lowest BCUT2D eigenvalue weighted by Gasteiger charge is -2.14. The van der Waals surface area contributed by atoms with Crippen molar-refractivity contribution in [3.05, 3.63) is 35.4 Å². The van der Waals surface area contributed by atoms with Crippen LogP contribution in [0.2, 0.25) is 0 Å². The van der Waals surface area contributed by atoms with Gasteiger partial charge in [-0.1, -0.05) is 31.2 Å². The van der Waals surface area contributed by atoms with E-state index in [2.05, 4.69) is 58.6 Å². The third-order valence-corrected chi connectivity index (χ3v) is 3.93. The first-order valence-electron chi connectivity index (χ1n) is 8.64. The maximum atomic E-state index is 4.64. The third-order valence-electron chi connectivity index (χ3n) is 3.93. The SMILES string of the molecule is CCCNC(=NCc1ccc(CN2CCCC2)cc1)NCC. The fourth-order valence-electron chi connectivity index (χ4n) is 2.70. The zero-order valence-electron chi connectivity index (χ0n) is 14.1. The Hall–Kier alpha value is -1.55. The van der Waals surface area contributed by atoms with Crippen molar-refractivity contribution < 1.29 is 0 Å². The molecule has 2 N–H and O–H groups in total. The normalized spacial score (nSPS) is 16.0. The van der Waals surface area contributed by atoms with Crippen molar-refractivity contribution in [3.63, 3.8) is 0 Å². The zero-order valence-corrected chi connectivity index (χ0v) is 14.1. The average Bonchev–Trinajstić information content (AvgIpc) is 3.04. The molecule has 122 valence electrons. The van der Waals surface area contributed by atoms with E-state index in [1.54, 1.807) is 0 Å². The number of nitrogens with zero attached hydrogens (tertiary/aromatic N) is 2. The highest BCUT2D eigenvalue weighted by molar-refractivity contribution is 5.79. The molecule has 1 aliphatic rings. The molecule has 0 atom stereocenters. The molecule has 1 fully saturated rings. The van der Waals surface area contributed by atoms with Gasteiger partial charge in [-0.05, 0) is 50.4 Å². The summed E-state index contributed by atoms with van der Waals surface area (Å²) in [7, 11) is 0. The Labute approximate surface area is 135 Å². The minimum atomic E-state index is 0.725. The summed E-state index contributed by atoms with van der Waals surface area (Å²) in [6.45, 7) is 10.4. The van der Waals surface area contributed by atoms with Crippen LogP contribution in [0.4, 0.5) is 0 Å². The van der Waals surface area contributed by atoms with Crippen molar-refractivity contribution in [2.75, 3.05) is 26.2 Å². The first kappa shape index (κ1) is 16.8. The molecule has 0 spiro atoms. The van der Waals surface area contributed by atoms with E-state index in [9.17, 15) is 0 Å². The Morgan fingerprint density at radius 1 is 1.05 bits per heavy atom. The van der Waals surface area contributed by atoms with E-state index in [4.69, 9.17) is 0 Å². The van der Waals surface area contributed by atoms with Gasteiger partial charge < -0.3 is 10.6 Å². The molecule has 2 rings (SSSR count). The molecule has 4 nitrogen and oxygen atoms in total. The van der Waals surface area contributed by atoms with Crippen molar-refractivity contribution in [1.29, 1.82) is 0 Å². The van der Waals surface area contributed by atoms with E-state index in [1.807, 2.05) is 0 Å². The predicted molar refractivity (Wildman–Crippen MR) is 94.1 cm³/mol. The van der Waals surface area contributed by atoms with Crippen molar-refractivity contribution in [2.45, 2.75) is 46.2 Å². The van der Waals surface area contributed by atoms with Gasteiger partial charge >= 0.3 is 0 Å². The molecule has 0 aromatic heterocycles. The minimum Gasteiger partial charge on any atom is -0.357 e. The van der Waals surface area contributed by atoms with Crippen LogP contribution >= 0.6 is 0 Å². The van der Waals surface area contributed by atoms with E-state index in [-0.39, 0.29) is 0 Å². The largest absolute Gasteiger partial charge is 0.357 e. The standard InChI is InChI=1S/C18H30N4/c1-3-11-20-18(19-4-2)21-14-16-7-9-17(10-8-16)15-22-12-5-6-13-22/h7-10H,3-6,11-15H2,1-2H3,(H2,19,20,21). The Kier molecular flexibility index (Phi) is 7.23. The number of likely N-dealkylation sites (tertiary alicyclic amines) is 1. The second-order valence-electron chi connectivity index (χ2n) is 5.92. The molecule has 22 heavy (non-hydrogen) atoms. The Balaban J connectivity index is 1.86. The lowest BCUT2D eigenvalue weighted by atomic mass is 10.1. The van der Waals surface area contributed by atoms with Gasteiger partial charge in [-0.2, -0.15) is 0 Å². The first-order valence-corrected chi connectivity index (χ1v) is 8.64. The van der Waals surface area contributed by atoms with Gasteiger partial charge in [0.2, 0.25) is 0 Å². The van der Waals surface area contributed by atoms with Gasteiger partial charge in [0, 0.05) is 19.6 Å². The summed E-state index contributed by atoms with van der Waals surface area (Å²) in [5.41, 5.74) is 2.67. The summed E-state index contributed by atoms with van der Waals surface area (Å²) in [6, 6.07) is 8.90. The molecule has 0 saturated carbocycles. The van der Waals surface area contributed by atoms with E-state index in [0.29, 0.717) is 0 Å². The minimum absolute atomic E-state index is 0.725. The topological polar surface area (TPSA) is 39.7 Å². The van der Waals surface area contributed by atoms with Crippen LogP contribution in [-0.4, -0.2) is 37.0 Å². The highest BCUT2D eigenvalue weighted by atomic mass is 15.2. The number of hydrogen-bond donors (Lipinski definition) is 2. The molecule has 1 saturated heterocycles. The lowest BCUT2D eigenvalue weighted by Crippen LogP contribution is -2.37. The molecule has 0 amide bonds. The van der Waals surface area contributed by atoms with Crippen LogP contribution in [0.25, 0.3) is 0 Å². The van der Waals surface area contributed by atoms with Crippen LogP contribution in [0.1, 0.15) is 44.2 Å². The average molecular weight is 302 g/mol. The lowest BCUT2D eigenvalue weighted by molar-refractivity contribution is 0.331. The van der Waals surface area contributed by atoms with Gasteiger partial charge in [0.1, 0.15) is 0 Å². The summed E-state index contributed by atoms with van der Waals surface area (Å²) in [6.07, 6.45) is 3.81. The summed E-state index contributed by atoms with van der Waals surface area (Å²) < 4.78 is 0. The second kappa shape index (κ2) is 9.46. The molecular formula is C18H30N4. The van der Waals surface area contributed by atoms with Crippen LogP contribution in [0.15, 0.2) is 29.3 Å². The van der Waals surface area contributed by atoms with Gasteiger partial charge in [-0.3, -0.25) is 4.90 Å². The maximum absolute atomic E-state index is 4.64. The fraction of sp³-hybridized carbons (Fsp3) is 0.611. The Morgan fingerprint density at radius 3 is 2.36 bits per heavy atom. The van der Waals surface area contributed by atoms with Gasteiger partial charge in [0.15, 0.2) is 5.96 Å². The molecule has 4 heteroatoms. The summed E-state index contributed by atoms with van der Waals surface area (Å²) in [5, 5.41) is 6.61. The molecule has 0 radical (unpaired) electrons. The van der Waals surface area contributed by atoms with Gasteiger partial charge in [0.05, 0.1) is 6.54 Å². The third kappa shape index (κ3) is 5.68. The number of rotatable bonds is 7. The number of nitrogens with one attached hydrogen (secondary N) is 2.